The van der Waals surface area contributed by atoms with Crippen LogP contribution in [-0.2, 0) is 14.8 Å². The average Bonchev–Trinajstić information content (AvgIpc) is 2.62. The van der Waals surface area contributed by atoms with Crippen molar-refractivity contribution >= 4 is 16.1 Å². The number of hydrogen-bond donors (Lipinski definition) is 2. The summed E-state index contributed by atoms with van der Waals surface area (Å²) in [5, 5.41) is 0. The molecule has 112 valence electrons. The van der Waals surface area contributed by atoms with Gasteiger partial charge in [0.2, 0.25) is 10.0 Å². The fourth-order valence-corrected chi connectivity index (χ4v) is 2.75. The second kappa shape index (κ2) is 6.06. The van der Waals surface area contributed by atoms with Crippen molar-refractivity contribution < 1.29 is 17.9 Å². The van der Waals surface area contributed by atoms with Crippen LogP contribution < -0.4 is 10.9 Å². The van der Waals surface area contributed by atoms with E-state index in [1.54, 1.807) is 20.8 Å². The summed E-state index contributed by atoms with van der Waals surface area (Å²) in [6.07, 6.45) is 1.46. The number of rotatable bonds is 4. The number of carbonyl (C=O) groups is 1. The number of sulfonamides is 1. The minimum absolute atomic E-state index is 0.199. The van der Waals surface area contributed by atoms with Gasteiger partial charge in [-0.05, 0) is 33.1 Å². The molecule has 0 saturated carbocycles. The fraction of sp³-hybridized carbons (Fsp3) is 0.909. The molecule has 0 aromatic rings. The molecule has 7 nitrogen and oxygen atoms in total. The predicted molar refractivity (Wildman–Crippen MR) is 71.9 cm³/mol. The van der Waals surface area contributed by atoms with Gasteiger partial charge in [-0.2, -0.15) is 0 Å². The normalized spacial score (nSPS) is 21.4. The minimum atomic E-state index is -3.11. The Bertz CT molecular complexity index is 416. The number of amides is 1. The van der Waals surface area contributed by atoms with E-state index in [-0.39, 0.29) is 5.92 Å². The topological polar surface area (TPSA) is 87.7 Å². The van der Waals surface area contributed by atoms with Crippen LogP contribution in [0, 0.1) is 5.92 Å². The molecular weight excluding hydrogens is 270 g/mol. The van der Waals surface area contributed by atoms with Gasteiger partial charge in [0.25, 0.3) is 0 Å². The lowest BCUT2D eigenvalue weighted by Gasteiger charge is -2.20. The van der Waals surface area contributed by atoms with Gasteiger partial charge >= 0.3 is 6.09 Å². The second-order valence-electron chi connectivity index (χ2n) is 5.78. The molecule has 1 unspecified atom stereocenters. The molecule has 0 radical (unpaired) electrons. The summed E-state index contributed by atoms with van der Waals surface area (Å²) in [6.45, 7) is 6.90. The average molecular weight is 293 g/mol. The maximum Gasteiger partial charge on any atom is 0.422 e. The van der Waals surface area contributed by atoms with Crippen LogP contribution in [-0.4, -0.2) is 50.3 Å². The summed E-state index contributed by atoms with van der Waals surface area (Å²) >= 11 is 0. The van der Waals surface area contributed by atoms with Crippen molar-refractivity contribution in [1.29, 1.82) is 0 Å². The Labute approximate surface area is 114 Å². The molecule has 1 amide bonds. The molecule has 8 heteroatoms. The van der Waals surface area contributed by atoms with E-state index in [1.165, 1.54) is 10.6 Å². The van der Waals surface area contributed by atoms with E-state index in [0.717, 1.165) is 6.42 Å². The summed E-state index contributed by atoms with van der Waals surface area (Å²) in [5.74, 6) is 0.199. The molecule has 1 fully saturated rings. The lowest BCUT2D eigenvalue weighted by atomic mass is 10.1. The van der Waals surface area contributed by atoms with Crippen LogP contribution in [0.25, 0.3) is 0 Å². The zero-order chi connectivity index (χ0) is 14.7. The van der Waals surface area contributed by atoms with E-state index in [9.17, 15) is 13.2 Å². The Morgan fingerprint density at radius 2 is 2.05 bits per heavy atom. The number of nitrogens with one attached hydrogen (secondary N) is 2. The first-order valence-electron chi connectivity index (χ1n) is 6.25. The second-order valence-corrected chi connectivity index (χ2v) is 7.77. The van der Waals surface area contributed by atoms with Gasteiger partial charge < -0.3 is 4.74 Å². The van der Waals surface area contributed by atoms with Gasteiger partial charge in [-0.25, -0.2) is 22.9 Å². The predicted octanol–water partition coefficient (Wildman–Crippen LogP) is 0.297. The number of nitrogens with zero attached hydrogens (tertiary/aromatic N) is 1. The monoisotopic (exact) mass is 293 g/mol. The van der Waals surface area contributed by atoms with Crippen LogP contribution in [0.15, 0.2) is 0 Å². The Morgan fingerprint density at radius 3 is 2.53 bits per heavy atom. The van der Waals surface area contributed by atoms with Crippen molar-refractivity contribution in [2.45, 2.75) is 32.8 Å². The zero-order valence-electron chi connectivity index (χ0n) is 11.9. The molecule has 19 heavy (non-hydrogen) atoms. The van der Waals surface area contributed by atoms with Crippen molar-refractivity contribution in [1.82, 2.24) is 15.2 Å². The lowest BCUT2D eigenvalue weighted by Crippen LogP contribution is -2.43. The third kappa shape index (κ3) is 6.22. The van der Waals surface area contributed by atoms with Crippen LogP contribution in [0.5, 0.6) is 0 Å². The Kier molecular flexibility index (Phi) is 5.17. The van der Waals surface area contributed by atoms with Gasteiger partial charge in [0.05, 0.1) is 6.26 Å². The Balaban J connectivity index is 2.23. The third-order valence-corrected chi connectivity index (χ3v) is 3.97. The molecule has 0 aromatic heterocycles. The quantitative estimate of drug-likeness (QED) is 0.728. The molecule has 1 aliphatic rings. The minimum Gasteiger partial charge on any atom is -0.443 e. The van der Waals surface area contributed by atoms with E-state index >= 15 is 0 Å². The number of ether oxygens (including phenoxy) is 1. The molecule has 2 N–H and O–H groups in total. The highest BCUT2D eigenvalue weighted by molar-refractivity contribution is 7.88. The standard InChI is InChI=1S/C11H23N3O4S/c1-11(2,3)18-10(15)13-12-7-9-5-6-14(8-9)19(4,16)17/h9,12H,5-8H2,1-4H3,(H,13,15). The van der Waals surface area contributed by atoms with Crippen LogP contribution in [0.1, 0.15) is 27.2 Å². The maximum atomic E-state index is 11.4. The number of hydrogen-bond acceptors (Lipinski definition) is 5. The molecule has 0 bridgehead atoms. The molecule has 1 rings (SSSR count). The molecule has 0 aromatic carbocycles. The van der Waals surface area contributed by atoms with E-state index in [4.69, 9.17) is 4.74 Å². The summed E-state index contributed by atoms with van der Waals surface area (Å²) < 4.78 is 29.2. The van der Waals surface area contributed by atoms with Crippen LogP contribution in [0.4, 0.5) is 4.79 Å². The SMILES string of the molecule is CC(C)(C)OC(=O)NNCC1CCN(S(C)(=O)=O)C1. The highest BCUT2D eigenvalue weighted by atomic mass is 32.2. The van der Waals surface area contributed by atoms with Crippen LogP contribution >= 0.6 is 0 Å². The van der Waals surface area contributed by atoms with Crippen molar-refractivity contribution in [3.63, 3.8) is 0 Å². The van der Waals surface area contributed by atoms with Crippen LogP contribution in [0.2, 0.25) is 0 Å². The largest absolute Gasteiger partial charge is 0.443 e. The molecule has 1 heterocycles. The van der Waals surface area contributed by atoms with Gasteiger partial charge in [-0.3, -0.25) is 5.43 Å². The first-order valence-corrected chi connectivity index (χ1v) is 8.10. The molecule has 0 aliphatic carbocycles. The molecule has 1 aliphatic heterocycles. The maximum absolute atomic E-state index is 11.4. The Morgan fingerprint density at radius 1 is 1.42 bits per heavy atom. The summed E-state index contributed by atoms with van der Waals surface area (Å²) in [4.78, 5) is 11.4. The molecule has 1 atom stereocenters. The smallest absolute Gasteiger partial charge is 0.422 e. The summed E-state index contributed by atoms with van der Waals surface area (Å²) in [6, 6.07) is 0. The van der Waals surface area contributed by atoms with Gasteiger partial charge in [-0.15, -0.1) is 0 Å². The van der Waals surface area contributed by atoms with E-state index in [1.807, 2.05) is 0 Å². The van der Waals surface area contributed by atoms with Crippen LogP contribution in [0.3, 0.4) is 0 Å². The summed E-state index contributed by atoms with van der Waals surface area (Å²) in [5.41, 5.74) is 4.68. The Hall–Kier alpha value is -0.860. The molecule has 0 spiro atoms. The van der Waals surface area contributed by atoms with Crippen molar-refractivity contribution in [2.75, 3.05) is 25.9 Å². The van der Waals surface area contributed by atoms with Gasteiger partial charge in [-0.1, -0.05) is 0 Å². The lowest BCUT2D eigenvalue weighted by molar-refractivity contribution is 0.0495. The number of carbonyl (C=O) groups excluding carboxylic acids is 1. The first kappa shape index (κ1) is 16.2. The van der Waals surface area contributed by atoms with Gasteiger partial charge in [0.15, 0.2) is 0 Å². The first-order chi connectivity index (χ1) is 8.58. The fourth-order valence-electron chi connectivity index (χ4n) is 1.84. The highest BCUT2D eigenvalue weighted by Gasteiger charge is 2.28. The molecule has 1 saturated heterocycles. The zero-order valence-corrected chi connectivity index (χ0v) is 12.7. The van der Waals surface area contributed by atoms with Crippen molar-refractivity contribution in [2.24, 2.45) is 5.92 Å². The summed E-state index contributed by atoms with van der Waals surface area (Å²) in [7, 11) is -3.11. The van der Waals surface area contributed by atoms with E-state index < -0.39 is 21.7 Å². The van der Waals surface area contributed by atoms with E-state index in [2.05, 4.69) is 10.9 Å². The van der Waals surface area contributed by atoms with Crippen molar-refractivity contribution in [3.05, 3.63) is 0 Å². The van der Waals surface area contributed by atoms with Gasteiger partial charge in [0, 0.05) is 19.6 Å². The molecular formula is C11H23N3O4S. The highest BCUT2D eigenvalue weighted by Crippen LogP contribution is 2.17. The third-order valence-electron chi connectivity index (χ3n) is 2.70. The van der Waals surface area contributed by atoms with Gasteiger partial charge in [0.1, 0.15) is 5.60 Å². The van der Waals surface area contributed by atoms with Crippen molar-refractivity contribution in [3.8, 4) is 0 Å². The van der Waals surface area contributed by atoms with E-state index in [0.29, 0.717) is 19.6 Å². The number of hydrazine groups is 1.